The quantitative estimate of drug-likeness (QED) is 0.809. The number of nitrogens with one attached hydrogen (secondary N) is 1. The van der Waals surface area contributed by atoms with E-state index in [9.17, 15) is 8.42 Å². The van der Waals surface area contributed by atoms with E-state index < -0.39 is 10.0 Å². The van der Waals surface area contributed by atoms with Crippen molar-refractivity contribution in [2.24, 2.45) is 0 Å². The molecule has 0 unspecified atom stereocenters. The molecule has 2 aromatic rings. The summed E-state index contributed by atoms with van der Waals surface area (Å²) in [6.45, 7) is 9.37. The van der Waals surface area contributed by atoms with E-state index in [-0.39, 0.29) is 12.1 Å². The van der Waals surface area contributed by atoms with Crippen molar-refractivity contribution in [2.45, 2.75) is 57.6 Å². The molecule has 26 heavy (non-hydrogen) atoms. The predicted octanol–water partition coefficient (Wildman–Crippen LogP) is 2.87. The Hall–Kier alpha value is -1.92. The molecule has 3 rings (SSSR count). The van der Waals surface area contributed by atoms with Gasteiger partial charge in [-0.15, -0.1) is 0 Å². The first-order valence-electron chi connectivity index (χ1n) is 9.17. The Morgan fingerprint density at radius 1 is 1.00 bits per heavy atom. The van der Waals surface area contributed by atoms with Crippen LogP contribution in [0.15, 0.2) is 47.5 Å². The van der Waals surface area contributed by atoms with E-state index in [4.69, 9.17) is 0 Å². The molecule has 0 radical (unpaired) electrons. The molecule has 0 bridgehead atoms. The molecule has 0 fully saturated rings. The van der Waals surface area contributed by atoms with Gasteiger partial charge in [-0.2, -0.15) is 4.31 Å². The summed E-state index contributed by atoms with van der Waals surface area (Å²) >= 11 is 0. The van der Waals surface area contributed by atoms with Gasteiger partial charge in [-0.05, 0) is 44.9 Å². The highest BCUT2D eigenvalue weighted by atomic mass is 32.2. The largest absolute Gasteiger partial charge is 0.274 e. The highest BCUT2D eigenvalue weighted by molar-refractivity contribution is 7.89. The second kappa shape index (κ2) is 7.37. The molecule has 0 saturated carbocycles. The van der Waals surface area contributed by atoms with Crippen LogP contribution in [0.1, 0.15) is 38.8 Å². The third-order valence-electron chi connectivity index (χ3n) is 4.83. The number of aromatic amines is 1. The lowest BCUT2D eigenvalue weighted by Gasteiger charge is -2.29. The predicted molar refractivity (Wildman–Crippen MR) is 103 cm³/mol. The minimum absolute atomic E-state index is 0.0849. The SMILES string of the molecule is CC(C)N(C(C)C)S(=O)(=O)c1ccc(N2CCc3ccccc3C2)[nH+]c1. The van der Waals surface area contributed by atoms with Gasteiger partial charge < -0.3 is 0 Å². The zero-order valence-corrected chi connectivity index (χ0v) is 16.8. The van der Waals surface area contributed by atoms with E-state index in [0.717, 1.165) is 25.3 Å². The summed E-state index contributed by atoms with van der Waals surface area (Å²) in [5.74, 6) is 0.944. The summed E-state index contributed by atoms with van der Waals surface area (Å²) in [5.41, 5.74) is 2.72. The molecule has 0 saturated heterocycles. The molecule has 1 aromatic heterocycles. The third-order valence-corrected chi connectivity index (χ3v) is 7.08. The Balaban J connectivity index is 1.83. The number of hydrogen-bond donors (Lipinski definition) is 0. The van der Waals surface area contributed by atoms with Gasteiger partial charge in [0.2, 0.25) is 10.0 Å². The van der Waals surface area contributed by atoms with E-state index in [1.807, 2.05) is 33.8 Å². The number of aromatic nitrogens is 1. The molecule has 2 heterocycles. The fourth-order valence-corrected chi connectivity index (χ4v) is 5.54. The highest BCUT2D eigenvalue weighted by Crippen LogP contribution is 2.24. The van der Waals surface area contributed by atoms with Crippen molar-refractivity contribution in [3.63, 3.8) is 0 Å². The fraction of sp³-hybridized carbons (Fsp3) is 0.450. The third kappa shape index (κ3) is 3.62. The van der Waals surface area contributed by atoms with Gasteiger partial charge in [0, 0.05) is 24.6 Å². The molecule has 1 aromatic carbocycles. The van der Waals surface area contributed by atoms with Gasteiger partial charge in [0.15, 0.2) is 0 Å². The number of benzene rings is 1. The average Bonchev–Trinajstić information content (AvgIpc) is 2.60. The minimum atomic E-state index is -3.51. The molecule has 0 spiro atoms. The lowest BCUT2D eigenvalue weighted by molar-refractivity contribution is -0.367. The number of rotatable bonds is 5. The maximum absolute atomic E-state index is 13.0. The Morgan fingerprint density at radius 3 is 2.23 bits per heavy atom. The van der Waals surface area contributed by atoms with Crippen LogP contribution < -0.4 is 9.88 Å². The monoisotopic (exact) mass is 374 g/mol. The van der Waals surface area contributed by atoms with E-state index >= 15 is 0 Å². The van der Waals surface area contributed by atoms with E-state index in [1.54, 1.807) is 16.6 Å². The van der Waals surface area contributed by atoms with Crippen LogP contribution in [0, 0.1) is 0 Å². The highest BCUT2D eigenvalue weighted by Gasteiger charge is 2.31. The molecule has 0 atom stereocenters. The number of nitrogens with zero attached hydrogens (tertiary/aromatic N) is 2. The van der Waals surface area contributed by atoms with Gasteiger partial charge in [0.25, 0.3) is 5.82 Å². The van der Waals surface area contributed by atoms with Gasteiger partial charge in [-0.1, -0.05) is 24.3 Å². The van der Waals surface area contributed by atoms with Gasteiger partial charge in [-0.3, -0.25) is 4.90 Å². The van der Waals surface area contributed by atoms with E-state index in [0.29, 0.717) is 4.90 Å². The lowest BCUT2D eigenvalue weighted by Crippen LogP contribution is -2.42. The summed E-state index contributed by atoms with van der Waals surface area (Å²) in [5, 5.41) is 0. The second-order valence-corrected chi connectivity index (χ2v) is 9.22. The maximum Gasteiger partial charge on any atom is 0.274 e. The summed E-state index contributed by atoms with van der Waals surface area (Å²) in [6, 6.07) is 11.9. The first kappa shape index (κ1) is 18.9. The number of anilines is 1. The number of sulfonamides is 1. The van der Waals surface area contributed by atoms with E-state index in [2.05, 4.69) is 34.1 Å². The van der Waals surface area contributed by atoms with Crippen molar-refractivity contribution in [3.8, 4) is 0 Å². The Morgan fingerprint density at radius 2 is 1.65 bits per heavy atom. The van der Waals surface area contributed by atoms with Gasteiger partial charge >= 0.3 is 0 Å². The topological polar surface area (TPSA) is 54.8 Å². The van der Waals surface area contributed by atoms with Crippen molar-refractivity contribution in [1.29, 1.82) is 0 Å². The van der Waals surface area contributed by atoms with Crippen LogP contribution in [0.2, 0.25) is 0 Å². The smallest absolute Gasteiger partial charge is 0.257 e. The Kier molecular flexibility index (Phi) is 5.34. The van der Waals surface area contributed by atoms with Crippen molar-refractivity contribution >= 4 is 15.8 Å². The van der Waals surface area contributed by atoms with Gasteiger partial charge in [0.05, 0.1) is 6.54 Å². The zero-order valence-electron chi connectivity index (χ0n) is 15.9. The van der Waals surface area contributed by atoms with Crippen molar-refractivity contribution in [2.75, 3.05) is 11.4 Å². The van der Waals surface area contributed by atoms with E-state index in [1.165, 1.54) is 11.1 Å². The molecule has 1 aliphatic heterocycles. The first-order chi connectivity index (χ1) is 12.3. The molecule has 1 aliphatic rings. The number of H-pyrrole nitrogens is 1. The van der Waals surface area contributed by atoms with Crippen molar-refractivity contribution in [1.82, 2.24) is 4.31 Å². The molecule has 0 amide bonds. The Labute approximate surface area is 156 Å². The summed E-state index contributed by atoms with van der Waals surface area (Å²) in [7, 11) is -3.51. The van der Waals surface area contributed by atoms with Crippen LogP contribution >= 0.6 is 0 Å². The van der Waals surface area contributed by atoms with Gasteiger partial charge in [-0.25, -0.2) is 13.4 Å². The van der Waals surface area contributed by atoms with Gasteiger partial charge in [0.1, 0.15) is 17.6 Å². The molecule has 6 heteroatoms. The molecule has 140 valence electrons. The molecule has 5 nitrogen and oxygen atoms in total. The minimum Gasteiger partial charge on any atom is -0.257 e. The van der Waals surface area contributed by atoms with Crippen LogP contribution in [0.4, 0.5) is 5.82 Å². The standard InChI is InChI=1S/C20H27N3O2S/c1-15(2)23(16(3)4)26(24,25)19-9-10-20(21-13-19)22-12-11-17-7-5-6-8-18(17)14-22/h5-10,13,15-16H,11-12,14H2,1-4H3/p+1. The van der Waals surface area contributed by atoms with Crippen LogP contribution in [0.3, 0.4) is 0 Å². The Bertz CT molecular complexity index is 853. The molecule has 1 N–H and O–H groups in total. The molecule has 0 aliphatic carbocycles. The first-order valence-corrected chi connectivity index (χ1v) is 10.6. The maximum atomic E-state index is 13.0. The number of hydrogen-bond acceptors (Lipinski definition) is 3. The lowest BCUT2D eigenvalue weighted by atomic mass is 10.00. The van der Waals surface area contributed by atoms with Crippen LogP contribution in [-0.4, -0.2) is 31.4 Å². The normalized spacial score (nSPS) is 15.0. The van der Waals surface area contributed by atoms with Crippen molar-refractivity contribution < 1.29 is 13.4 Å². The fourth-order valence-electron chi connectivity index (χ4n) is 3.73. The van der Waals surface area contributed by atoms with Crippen LogP contribution in [0.25, 0.3) is 0 Å². The summed E-state index contributed by atoms with van der Waals surface area (Å²) in [4.78, 5) is 5.75. The summed E-state index contributed by atoms with van der Waals surface area (Å²) in [6.07, 6.45) is 2.61. The number of fused-ring (bicyclic) bond motifs is 1. The van der Waals surface area contributed by atoms with Crippen LogP contribution in [0.5, 0.6) is 0 Å². The van der Waals surface area contributed by atoms with Crippen LogP contribution in [-0.2, 0) is 23.0 Å². The second-order valence-electron chi connectivity index (χ2n) is 7.37. The average molecular weight is 375 g/mol. The number of pyridine rings is 1. The zero-order chi connectivity index (χ0) is 18.9. The summed E-state index contributed by atoms with van der Waals surface area (Å²) < 4.78 is 27.5. The van der Waals surface area contributed by atoms with Crippen molar-refractivity contribution in [3.05, 3.63) is 53.7 Å². The molecular weight excluding hydrogens is 346 g/mol. The molecular formula is C20H28N3O2S+.